The molecule has 4 aromatic rings. The number of carbonyl (C=O) groups excluding carboxylic acids is 1. The van der Waals surface area contributed by atoms with E-state index < -0.39 is 0 Å². The van der Waals surface area contributed by atoms with Gasteiger partial charge in [0.05, 0.1) is 19.8 Å². The van der Waals surface area contributed by atoms with Crippen molar-refractivity contribution in [1.29, 1.82) is 0 Å². The molecule has 4 aromatic carbocycles. The molecule has 0 unspecified atom stereocenters. The Morgan fingerprint density at radius 1 is 0.364 bits per heavy atom. The number of amides is 1. The number of rotatable bonds is 49. The van der Waals surface area contributed by atoms with Crippen LogP contribution in [0.2, 0.25) is 0 Å². The largest absolute Gasteiger partial charge is 0.494 e. The second-order valence-corrected chi connectivity index (χ2v) is 23.2. The fourth-order valence-electron chi connectivity index (χ4n) is 11.6. The minimum atomic E-state index is -0.357. The first kappa shape index (κ1) is 63.6. The molecule has 77 heavy (non-hydrogen) atoms. The zero-order chi connectivity index (χ0) is 53.9. The molecule has 0 spiro atoms. The molecule has 428 valence electrons. The summed E-state index contributed by atoms with van der Waals surface area (Å²) in [5, 5.41) is 0. The molecule has 0 saturated carbocycles. The summed E-state index contributed by atoms with van der Waals surface area (Å²) in [6, 6.07) is 33.2. The van der Waals surface area contributed by atoms with Crippen LogP contribution in [0.3, 0.4) is 0 Å². The molecule has 1 amide bonds. The Morgan fingerprint density at radius 2 is 0.662 bits per heavy atom. The van der Waals surface area contributed by atoms with Gasteiger partial charge in [0.1, 0.15) is 18.1 Å². The Balaban J connectivity index is 0.949. The predicted molar refractivity (Wildman–Crippen MR) is 331 cm³/mol. The van der Waals surface area contributed by atoms with Crippen LogP contribution < -0.4 is 14.4 Å². The predicted octanol–water partition coefficient (Wildman–Crippen LogP) is 23.0. The number of nitrogens with zero attached hydrogens (tertiary/aromatic N) is 1. The van der Waals surface area contributed by atoms with E-state index in [4.69, 9.17) is 14.2 Å². The summed E-state index contributed by atoms with van der Waals surface area (Å²) >= 11 is 0. The number of fused-ring (bicyclic) bond motifs is 3. The van der Waals surface area contributed by atoms with Crippen LogP contribution in [0.15, 0.2) is 97.1 Å². The highest BCUT2D eigenvalue weighted by Crippen LogP contribution is 2.44. The lowest BCUT2D eigenvalue weighted by molar-refractivity contribution is 0.150. The number of carbonyl (C=O) groups is 1. The minimum Gasteiger partial charge on any atom is -0.494 e. The van der Waals surface area contributed by atoms with Crippen molar-refractivity contribution in [2.75, 3.05) is 24.7 Å². The molecule has 5 nitrogen and oxygen atoms in total. The summed E-state index contributed by atoms with van der Waals surface area (Å²) in [5.41, 5.74) is 6.67. The third kappa shape index (κ3) is 27.5. The van der Waals surface area contributed by atoms with Gasteiger partial charge in [-0.2, -0.15) is 0 Å². The molecule has 0 N–H and O–H groups in total. The van der Waals surface area contributed by atoms with Crippen molar-refractivity contribution < 1.29 is 19.0 Å². The normalized spacial score (nSPS) is 12.0. The second kappa shape index (κ2) is 42.7. The van der Waals surface area contributed by atoms with Crippen LogP contribution in [-0.4, -0.2) is 25.9 Å². The van der Waals surface area contributed by atoms with Gasteiger partial charge in [-0.25, -0.2) is 4.79 Å². The summed E-state index contributed by atoms with van der Waals surface area (Å²) in [6.07, 6.45) is 55.0. The minimum absolute atomic E-state index is 0.00637. The maximum atomic E-state index is 14.2. The Kier molecular flexibility index (Phi) is 35.2. The quantitative estimate of drug-likeness (QED) is 0.0414. The molecule has 0 aromatic heterocycles. The Bertz CT molecular complexity index is 1980. The van der Waals surface area contributed by atoms with Gasteiger partial charge in [0, 0.05) is 11.6 Å². The molecule has 0 atom stereocenters. The molecule has 0 bridgehead atoms. The van der Waals surface area contributed by atoms with Gasteiger partial charge in [-0.3, -0.25) is 4.90 Å². The monoisotopic (exact) mass is 1050 g/mol. The van der Waals surface area contributed by atoms with E-state index in [1.54, 1.807) is 4.90 Å². The zero-order valence-corrected chi connectivity index (χ0v) is 49.5. The van der Waals surface area contributed by atoms with Crippen molar-refractivity contribution in [1.82, 2.24) is 0 Å². The summed E-state index contributed by atoms with van der Waals surface area (Å²) in [5.74, 6) is 1.70. The van der Waals surface area contributed by atoms with E-state index in [0.29, 0.717) is 13.2 Å². The van der Waals surface area contributed by atoms with Crippen molar-refractivity contribution in [2.24, 2.45) is 0 Å². The third-order valence-electron chi connectivity index (χ3n) is 16.5. The summed E-state index contributed by atoms with van der Waals surface area (Å²) in [7, 11) is 0. The second-order valence-electron chi connectivity index (χ2n) is 23.2. The maximum absolute atomic E-state index is 14.2. The van der Waals surface area contributed by atoms with Crippen LogP contribution in [0.4, 0.5) is 10.5 Å². The van der Waals surface area contributed by atoms with Crippen LogP contribution in [0, 0.1) is 0 Å². The highest BCUT2D eigenvalue weighted by atomic mass is 16.6. The first-order valence-corrected chi connectivity index (χ1v) is 32.7. The zero-order valence-electron chi connectivity index (χ0n) is 49.5. The first-order valence-electron chi connectivity index (χ1n) is 32.7. The van der Waals surface area contributed by atoms with Gasteiger partial charge in [0.15, 0.2) is 0 Å². The number of benzene rings is 4. The van der Waals surface area contributed by atoms with Crippen LogP contribution >= 0.6 is 0 Å². The van der Waals surface area contributed by atoms with Crippen molar-refractivity contribution in [3.05, 3.63) is 114 Å². The van der Waals surface area contributed by atoms with E-state index in [1.165, 1.54) is 266 Å². The molecular weight excluding hydrogens is 943 g/mol. The third-order valence-corrected chi connectivity index (χ3v) is 16.5. The SMILES string of the molecule is CCCCCCCCCCCCCCCCCCCCCCOc1ccc(CN(C(=O)OCC2c3ccccc3-c3ccccc32)c2ccc(OCCCCCCCCCCCCCCCCCCCCCC)cc2)cc1. The lowest BCUT2D eigenvalue weighted by atomic mass is 9.98. The van der Waals surface area contributed by atoms with Crippen LogP contribution in [0.1, 0.15) is 293 Å². The van der Waals surface area contributed by atoms with E-state index in [1.807, 2.05) is 36.4 Å². The van der Waals surface area contributed by atoms with Crippen LogP contribution in [0.5, 0.6) is 11.5 Å². The van der Waals surface area contributed by atoms with Gasteiger partial charge >= 0.3 is 6.09 Å². The van der Waals surface area contributed by atoms with Gasteiger partial charge in [-0.15, -0.1) is 0 Å². The molecule has 0 saturated heterocycles. The molecular formula is C72H111NO4. The van der Waals surface area contributed by atoms with Crippen molar-refractivity contribution >= 4 is 11.8 Å². The number of hydrogen-bond acceptors (Lipinski definition) is 4. The molecule has 0 fully saturated rings. The lowest BCUT2D eigenvalue weighted by Crippen LogP contribution is -2.32. The highest BCUT2D eigenvalue weighted by Gasteiger charge is 2.30. The lowest BCUT2D eigenvalue weighted by Gasteiger charge is -2.24. The van der Waals surface area contributed by atoms with Gasteiger partial charge in [0.25, 0.3) is 0 Å². The fourth-order valence-corrected chi connectivity index (χ4v) is 11.6. The topological polar surface area (TPSA) is 48.0 Å². The van der Waals surface area contributed by atoms with Crippen molar-refractivity contribution in [3.8, 4) is 22.6 Å². The van der Waals surface area contributed by atoms with Crippen LogP contribution in [-0.2, 0) is 11.3 Å². The maximum Gasteiger partial charge on any atom is 0.414 e. The van der Waals surface area contributed by atoms with Crippen molar-refractivity contribution in [2.45, 2.75) is 283 Å². The molecule has 0 heterocycles. The molecule has 0 aliphatic heterocycles. The summed E-state index contributed by atoms with van der Waals surface area (Å²) < 4.78 is 18.6. The molecule has 5 rings (SSSR count). The van der Waals surface area contributed by atoms with E-state index in [-0.39, 0.29) is 18.6 Å². The van der Waals surface area contributed by atoms with Crippen molar-refractivity contribution in [3.63, 3.8) is 0 Å². The number of anilines is 1. The molecule has 1 aliphatic rings. The van der Waals surface area contributed by atoms with Gasteiger partial charge < -0.3 is 14.2 Å². The Morgan fingerprint density at radius 3 is 1.00 bits per heavy atom. The smallest absolute Gasteiger partial charge is 0.414 e. The first-order chi connectivity index (χ1) is 38.2. The standard InChI is InChI=1S/C72H111NO4/c1-3-5-7-9-11-13-15-17-19-21-23-25-27-29-31-33-35-37-39-45-59-75-65-55-51-63(52-56-65)61-73(72(74)77-62-71-69-49-43-41-47-67(69)68-48-42-44-50-70(68)71)64-53-57-66(58-54-64)76-60-46-40-38-36-34-32-30-28-26-24-22-20-18-16-14-12-10-8-6-4-2/h41-44,47-58,71H,3-40,45-46,59-62H2,1-2H3. The average Bonchev–Trinajstić information content (AvgIpc) is 3.79. The van der Waals surface area contributed by atoms with E-state index in [2.05, 4.69) is 74.5 Å². The van der Waals surface area contributed by atoms with Gasteiger partial charge in [0.2, 0.25) is 0 Å². The number of unbranched alkanes of at least 4 members (excludes halogenated alkanes) is 38. The highest BCUT2D eigenvalue weighted by molar-refractivity contribution is 5.88. The Hall–Kier alpha value is -4.25. The number of ether oxygens (including phenoxy) is 3. The summed E-state index contributed by atoms with van der Waals surface area (Å²) in [4.78, 5) is 16.0. The fraction of sp³-hybridized carbons (Fsp3) is 0.653. The van der Waals surface area contributed by atoms with Gasteiger partial charge in [-0.05, 0) is 77.1 Å². The van der Waals surface area contributed by atoms with Crippen LogP contribution in [0.25, 0.3) is 11.1 Å². The Labute approximate surface area is 472 Å². The molecule has 1 aliphatic carbocycles. The van der Waals surface area contributed by atoms with E-state index >= 15 is 0 Å². The number of hydrogen-bond donors (Lipinski definition) is 0. The summed E-state index contributed by atoms with van der Waals surface area (Å²) in [6.45, 7) is 6.70. The molecule has 5 heteroatoms. The van der Waals surface area contributed by atoms with Gasteiger partial charge in [-0.1, -0.05) is 319 Å². The van der Waals surface area contributed by atoms with E-state index in [9.17, 15) is 4.79 Å². The molecule has 0 radical (unpaired) electrons. The average molecular weight is 1050 g/mol. The van der Waals surface area contributed by atoms with E-state index in [0.717, 1.165) is 42.2 Å².